The number of ether oxygens (including phenoxy) is 1. The monoisotopic (exact) mass is 613 g/mol. The van der Waals surface area contributed by atoms with Crippen LogP contribution >= 0.6 is 0 Å². The molecule has 0 unspecified atom stereocenters. The Morgan fingerprint density at radius 1 is 1.14 bits per heavy atom. The maximum Gasteiger partial charge on any atom is 0.335 e. The molecule has 0 saturated heterocycles. The molecule has 230 valence electrons. The second-order valence-corrected chi connectivity index (χ2v) is 12.7. The maximum atomic E-state index is 13.5. The van der Waals surface area contributed by atoms with Gasteiger partial charge in [-0.3, -0.25) is 14.4 Å². The number of aromatic carboxylic acids is 1. The zero-order valence-electron chi connectivity index (χ0n) is 24.2. The highest BCUT2D eigenvalue weighted by atomic mass is 32.2. The van der Waals surface area contributed by atoms with Crippen LogP contribution in [-0.4, -0.2) is 79.2 Å². The van der Waals surface area contributed by atoms with E-state index in [-0.39, 0.29) is 47.1 Å². The van der Waals surface area contributed by atoms with E-state index in [1.54, 1.807) is 54.3 Å². The Labute approximate surface area is 250 Å². The van der Waals surface area contributed by atoms with E-state index < -0.39 is 27.9 Å². The van der Waals surface area contributed by atoms with Crippen molar-refractivity contribution in [3.05, 3.63) is 89.2 Å². The molecular weight excluding hydrogens is 577 g/mol. The minimum Gasteiger partial charge on any atom is -0.488 e. The van der Waals surface area contributed by atoms with Crippen molar-refractivity contribution in [2.45, 2.75) is 43.9 Å². The lowest BCUT2D eigenvalue weighted by molar-refractivity contribution is -0.134. The number of halogens is 1. The number of anilines is 1. The molecule has 10 nitrogen and oxygen atoms in total. The van der Waals surface area contributed by atoms with Gasteiger partial charge in [-0.1, -0.05) is 19.1 Å². The zero-order valence-corrected chi connectivity index (χ0v) is 25.1. The third-order valence-corrected chi connectivity index (χ3v) is 8.83. The molecule has 1 heterocycles. The molecule has 0 bridgehead atoms. The molecule has 43 heavy (non-hydrogen) atoms. The number of carbonyl (C=O) groups excluding carboxylic acids is 1. The first kappa shape index (κ1) is 31.9. The number of nitrogens with one attached hydrogen (secondary N) is 1. The fourth-order valence-corrected chi connectivity index (χ4v) is 6.02. The van der Waals surface area contributed by atoms with Gasteiger partial charge in [-0.05, 0) is 74.1 Å². The van der Waals surface area contributed by atoms with E-state index in [1.165, 1.54) is 12.1 Å². The van der Waals surface area contributed by atoms with E-state index >= 15 is 0 Å². The first-order chi connectivity index (χ1) is 20.4. The number of likely N-dealkylation sites (N-methyl/N-ethyl adjacent to an activating group) is 1. The molecule has 0 aliphatic carbocycles. The first-order valence-electron chi connectivity index (χ1n) is 13.9. The summed E-state index contributed by atoms with van der Waals surface area (Å²) in [6.45, 7) is 4.85. The minimum atomic E-state index is -4.02. The Bertz CT molecular complexity index is 1550. The molecule has 0 radical (unpaired) electrons. The SMILES string of the molecule is C[C@H](CO)N1C[C@H](C)[C@@H](CN(C)Cc2ccc(C(=O)O)cc2)Oc2ccc(NS(=O)(=O)c3ccc(F)cc3)cc2CC1=O. The number of nitrogens with zero attached hydrogens (tertiary/aromatic N) is 2. The molecule has 1 amide bonds. The van der Waals surface area contributed by atoms with E-state index in [9.17, 15) is 27.5 Å². The fraction of sp³-hybridized carbons (Fsp3) is 0.355. The molecule has 0 aromatic heterocycles. The number of rotatable bonds is 10. The van der Waals surface area contributed by atoms with E-state index in [2.05, 4.69) is 4.72 Å². The molecule has 3 aromatic rings. The molecule has 12 heteroatoms. The van der Waals surface area contributed by atoms with Gasteiger partial charge >= 0.3 is 5.97 Å². The topological polar surface area (TPSA) is 136 Å². The molecule has 0 fully saturated rings. The number of carboxylic acid groups (broad SMARTS) is 1. The summed E-state index contributed by atoms with van der Waals surface area (Å²) in [6, 6.07) is 15.4. The van der Waals surface area contributed by atoms with Gasteiger partial charge in [0.1, 0.15) is 17.7 Å². The van der Waals surface area contributed by atoms with Gasteiger partial charge in [0.2, 0.25) is 5.91 Å². The number of carboxylic acids is 1. The molecular formula is C31H36FN3O7S. The molecule has 1 aliphatic rings. The molecule has 1 aliphatic heterocycles. The quantitative estimate of drug-likeness (QED) is 0.316. The summed E-state index contributed by atoms with van der Waals surface area (Å²) in [4.78, 5) is 28.2. The molecule has 3 atom stereocenters. The van der Waals surface area contributed by atoms with E-state index in [0.717, 1.165) is 17.7 Å². The van der Waals surface area contributed by atoms with Crippen LogP contribution in [-0.2, 0) is 27.8 Å². The average Bonchev–Trinajstić information content (AvgIpc) is 3.00. The molecule has 4 rings (SSSR count). The Morgan fingerprint density at radius 3 is 2.44 bits per heavy atom. The van der Waals surface area contributed by atoms with Crippen LogP contribution in [0.5, 0.6) is 5.75 Å². The number of hydrogen-bond acceptors (Lipinski definition) is 7. The van der Waals surface area contributed by atoms with Gasteiger partial charge in [-0.25, -0.2) is 17.6 Å². The van der Waals surface area contributed by atoms with E-state index in [0.29, 0.717) is 30.9 Å². The van der Waals surface area contributed by atoms with Crippen molar-refractivity contribution in [1.82, 2.24) is 9.80 Å². The highest BCUT2D eigenvalue weighted by Crippen LogP contribution is 2.30. The van der Waals surface area contributed by atoms with Gasteiger partial charge in [-0.15, -0.1) is 0 Å². The third-order valence-electron chi connectivity index (χ3n) is 7.44. The van der Waals surface area contributed by atoms with E-state index in [1.807, 2.05) is 18.9 Å². The Hall–Kier alpha value is -4.00. The lowest BCUT2D eigenvalue weighted by Gasteiger charge is -2.34. The summed E-state index contributed by atoms with van der Waals surface area (Å²) >= 11 is 0. The molecule has 0 saturated carbocycles. The Morgan fingerprint density at radius 2 is 1.81 bits per heavy atom. The Kier molecular flexibility index (Phi) is 10.0. The van der Waals surface area contributed by atoms with Crippen molar-refractivity contribution in [3.63, 3.8) is 0 Å². The van der Waals surface area contributed by atoms with Crippen LogP contribution in [0.2, 0.25) is 0 Å². The number of fused-ring (bicyclic) bond motifs is 1. The van der Waals surface area contributed by atoms with Crippen molar-refractivity contribution in [3.8, 4) is 5.75 Å². The van der Waals surface area contributed by atoms with Gasteiger partial charge in [0.05, 0.1) is 29.5 Å². The second-order valence-electron chi connectivity index (χ2n) is 11.0. The van der Waals surface area contributed by atoms with Crippen LogP contribution in [0.3, 0.4) is 0 Å². The normalized spacial score (nSPS) is 18.2. The zero-order chi connectivity index (χ0) is 31.3. The number of aliphatic hydroxyl groups excluding tert-OH is 1. The summed E-state index contributed by atoms with van der Waals surface area (Å²) in [5.41, 5.74) is 1.82. The van der Waals surface area contributed by atoms with Crippen molar-refractivity contribution in [2.75, 3.05) is 31.5 Å². The van der Waals surface area contributed by atoms with Gasteiger partial charge in [0.15, 0.2) is 0 Å². The number of aliphatic hydroxyl groups is 1. The number of hydrogen-bond donors (Lipinski definition) is 3. The summed E-state index contributed by atoms with van der Waals surface area (Å²) in [5.74, 6) is -1.48. The van der Waals surface area contributed by atoms with Crippen molar-refractivity contribution in [1.29, 1.82) is 0 Å². The second kappa shape index (κ2) is 13.5. The Balaban J connectivity index is 1.60. The van der Waals surface area contributed by atoms with Crippen LogP contribution in [0.25, 0.3) is 0 Å². The fourth-order valence-electron chi connectivity index (χ4n) is 4.97. The largest absolute Gasteiger partial charge is 0.488 e. The van der Waals surface area contributed by atoms with Crippen molar-refractivity contribution >= 4 is 27.6 Å². The van der Waals surface area contributed by atoms with Crippen LogP contribution in [0.15, 0.2) is 71.6 Å². The predicted molar refractivity (Wildman–Crippen MR) is 159 cm³/mol. The number of benzene rings is 3. The van der Waals surface area contributed by atoms with E-state index in [4.69, 9.17) is 9.84 Å². The highest BCUT2D eigenvalue weighted by molar-refractivity contribution is 7.92. The third kappa shape index (κ3) is 8.09. The maximum absolute atomic E-state index is 13.5. The van der Waals surface area contributed by atoms with Crippen LogP contribution in [0.1, 0.15) is 35.3 Å². The molecule has 3 aromatic carbocycles. The number of carbonyl (C=O) groups is 2. The van der Waals surface area contributed by atoms with Gasteiger partial charge < -0.3 is 19.8 Å². The summed E-state index contributed by atoms with van der Waals surface area (Å²) in [5, 5.41) is 19.0. The van der Waals surface area contributed by atoms with Gasteiger partial charge in [0, 0.05) is 36.8 Å². The van der Waals surface area contributed by atoms with Gasteiger partial charge in [-0.2, -0.15) is 0 Å². The van der Waals surface area contributed by atoms with Crippen LogP contribution in [0.4, 0.5) is 10.1 Å². The minimum absolute atomic E-state index is 0.0724. The standard InChI is InChI=1S/C31H36FN3O7S/c1-20-16-35(21(2)19-36)30(37)15-24-14-26(33-43(40,41)27-11-8-25(32)9-12-27)10-13-28(24)42-29(20)18-34(3)17-22-4-6-23(7-5-22)31(38)39/h4-14,20-21,29,33,36H,15-19H2,1-3H3,(H,38,39)/t20-,21+,29+/m0/s1. The van der Waals surface area contributed by atoms with Crippen molar-refractivity contribution in [2.24, 2.45) is 5.92 Å². The summed E-state index contributed by atoms with van der Waals surface area (Å²) < 4.78 is 48.2. The van der Waals surface area contributed by atoms with Crippen LogP contribution in [0, 0.1) is 11.7 Å². The average molecular weight is 614 g/mol. The highest BCUT2D eigenvalue weighted by Gasteiger charge is 2.31. The lowest BCUT2D eigenvalue weighted by Crippen LogP contribution is -2.47. The molecule has 0 spiro atoms. The predicted octanol–water partition coefficient (Wildman–Crippen LogP) is 3.61. The van der Waals surface area contributed by atoms with Crippen LogP contribution < -0.4 is 9.46 Å². The smallest absolute Gasteiger partial charge is 0.335 e. The first-order valence-corrected chi connectivity index (χ1v) is 15.3. The number of sulfonamides is 1. The number of amides is 1. The van der Waals surface area contributed by atoms with Gasteiger partial charge in [0.25, 0.3) is 10.0 Å². The lowest BCUT2D eigenvalue weighted by atomic mass is 10.0. The summed E-state index contributed by atoms with van der Waals surface area (Å²) in [6.07, 6.45) is -0.458. The summed E-state index contributed by atoms with van der Waals surface area (Å²) in [7, 11) is -2.10. The van der Waals surface area contributed by atoms with Crippen molar-refractivity contribution < 1.29 is 37.3 Å². The molecule has 3 N–H and O–H groups in total.